The molecule has 2 amide bonds. The number of halogens is 1. The molecule has 0 bridgehead atoms. The lowest BCUT2D eigenvalue weighted by molar-refractivity contribution is -0.133. The predicted octanol–water partition coefficient (Wildman–Crippen LogP) is 2.68. The highest BCUT2D eigenvalue weighted by Crippen LogP contribution is 2.29. The van der Waals surface area contributed by atoms with Crippen LogP contribution in [0.4, 0.5) is 11.4 Å². The molecule has 0 saturated carbocycles. The fraction of sp³-hybridized carbons (Fsp3) is 0.0667. The number of benzene rings is 2. The second-order valence-corrected chi connectivity index (χ2v) is 4.92. The highest BCUT2D eigenvalue weighted by molar-refractivity contribution is 6.31. The Hall–Kier alpha value is -2.53. The summed E-state index contributed by atoms with van der Waals surface area (Å²) >= 11 is 5.85. The third-order valence-corrected chi connectivity index (χ3v) is 3.19. The lowest BCUT2D eigenvalue weighted by atomic mass is 10.2. The maximum Gasteiger partial charge on any atom is 0.275 e. The lowest BCUT2D eigenvalue weighted by Gasteiger charge is -2.24. The molecule has 0 unspecified atom stereocenters. The van der Waals surface area contributed by atoms with Crippen molar-refractivity contribution in [1.29, 1.82) is 0 Å². The first-order valence-electron chi connectivity index (χ1n) is 6.26. The number of hydrogen-bond acceptors (Lipinski definition) is 3. The molecule has 0 aromatic heterocycles. The highest BCUT2D eigenvalue weighted by atomic mass is 35.5. The van der Waals surface area contributed by atoms with Crippen molar-refractivity contribution in [1.82, 2.24) is 0 Å². The van der Waals surface area contributed by atoms with E-state index in [4.69, 9.17) is 16.3 Å². The summed E-state index contributed by atoms with van der Waals surface area (Å²) in [4.78, 5) is 24.1. The van der Waals surface area contributed by atoms with Crippen LogP contribution < -0.4 is 15.4 Å². The van der Waals surface area contributed by atoms with Gasteiger partial charge in [-0.1, -0.05) is 29.8 Å². The van der Waals surface area contributed by atoms with Crippen LogP contribution in [0.1, 0.15) is 0 Å². The molecule has 2 N–H and O–H groups in total. The summed E-state index contributed by atoms with van der Waals surface area (Å²) < 4.78 is 5.45. The van der Waals surface area contributed by atoms with Crippen molar-refractivity contribution < 1.29 is 14.3 Å². The van der Waals surface area contributed by atoms with Crippen molar-refractivity contribution in [3.05, 3.63) is 53.6 Å². The minimum Gasteiger partial charge on any atom is -0.468 e. The molecule has 2 aromatic carbocycles. The second-order valence-electron chi connectivity index (χ2n) is 4.48. The molecular formula is C15H11ClN2O3. The van der Waals surface area contributed by atoms with Gasteiger partial charge in [0.25, 0.3) is 17.9 Å². The van der Waals surface area contributed by atoms with Gasteiger partial charge >= 0.3 is 0 Å². The Morgan fingerprint density at radius 3 is 2.81 bits per heavy atom. The van der Waals surface area contributed by atoms with E-state index in [1.54, 1.807) is 48.5 Å². The van der Waals surface area contributed by atoms with Crippen LogP contribution in [0.2, 0.25) is 5.02 Å². The number of carbonyl (C=O) groups excluding carboxylic acids is 2. The number of fused-ring (bicyclic) bond motifs is 1. The van der Waals surface area contributed by atoms with E-state index >= 15 is 0 Å². The summed E-state index contributed by atoms with van der Waals surface area (Å²) in [6.07, 6.45) is -1.24. The van der Waals surface area contributed by atoms with Gasteiger partial charge in [-0.25, -0.2) is 0 Å². The largest absolute Gasteiger partial charge is 0.468 e. The van der Waals surface area contributed by atoms with E-state index in [9.17, 15) is 9.59 Å². The molecule has 0 fully saturated rings. The van der Waals surface area contributed by atoms with Crippen LogP contribution in [0, 0.1) is 0 Å². The van der Waals surface area contributed by atoms with Gasteiger partial charge in [-0.3, -0.25) is 9.59 Å². The van der Waals surface area contributed by atoms with Crippen LogP contribution in [0.25, 0.3) is 0 Å². The monoisotopic (exact) mass is 302 g/mol. The second kappa shape index (κ2) is 5.46. The number of carbonyl (C=O) groups is 2. The molecule has 1 aliphatic heterocycles. The van der Waals surface area contributed by atoms with Gasteiger partial charge in [0.05, 0.1) is 5.69 Å². The van der Waals surface area contributed by atoms with Crippen molar-refractivity contribution >= 4 is 34.8 Å². The van der Waals surface area contributed by atoms with E-state index in [-0.39, 0.29) is 0 Å². The normalized spacial score (nSPS) is 16.4. The minimum atomic E-state index is -1.24. The predicted molar refractivity (Wildman–Crippen MR) is 79.6 cm³/mol. The number of para-hydroxylation sites is 2. The molecular weight excluding hydrogens is 292 g/mol. The molecule has 106 valence electrons. The van der Waals surface area contributed by atoms with E-state index < -0.39 is 17.9 Å². The van der Waals surface area contributed by atoms with Crippen LogP contribution in [-0.2, 0) is 9.59 Å². The number of nitrogens with one attached hydrogen (secondary N) is 2. The zero-order chi connectivity index (χ0) is 14.8. The van der Waals surface area contributed by atoms with Gasteiger partial charge in [0.15, 0.2) is 0 Å². The van der Waals surface area contributed by atoms with Gasteiger partial charge in [0, 0.05) is 10.7 Å². The van der Waals surface area contributed by atoms with E-state index in [1.165, 1.54) is 0 Å². The van der Waals surface area contributed by atoms with Crippen LogP contribution >= 0.6 is 11.6 Å². The molecule has 5 nitrogen and oxygen atoms in total. The summed E-state index contributed by atoms with van der Waals surface area (Å²) in [5.74, 6) is -0.596. The maximum absolute atomic E-state index is 12.2. The first-order valence-corrected chi connectivity index (χ1v) is 6.64. The number of amides is 2. The number of ether oxygens (including phenoxy) is 1. The first-order chi connectivity index (χ1) is 10.1. The standard InChI is InChI=1S/C15H11ClN2O3/c16-9-4-3-5-10(8-9)17-14(19)13-15(20)18-11-6-1-2-7-12(11)21-13/h1-8,13H,(H,17,19)(H,18,20)/t13-/m0/s1. The van der Waals surface area contributed by atoms with Crippen molar-refractivity contribution in [2.45, 2.75) is 6.10 Å². The topological polar surface area (TPSA) is 67.4 Å². The van der Waals surface area contributed by atoms with Crippen LogP contribution in [0.15, 0.2) is 48.5 Å². The summed E-state index contributed by atoms with van der Waals surface area (Å²) in [5, 5.41) is 5.73. The smallest absolute Gasteiger partial charge is 0.275 e. The fourth-order valence-electron chi connectivity index (χ4n) is 2.00. The van der Waals surface area contributed by atoms with Gasteiger partial charge in [-0.05, 0) is 30.3 Å². The van der Waals surface area contributed by atoms with Gasteiger partial charge in [0.1, 0.15) is 5.75 Å². The van der Waals surface area contributed by atoms with Gasteiger partial charge in [-0.15, -0.1) is 0 Å². The third kappa shape index (κ3) is 2.83. The van der Waals surface area contributed by atoms with E-state index in [0.29, 0.717) is 22.1 Å². The van der Waals surface area contributed by atoms with Crippen molar-refractivity contribution in [3.8, 4) is 5.75 Å². The Morgan fingerprint density at radius 2 is 2.00 bits per heavy atom. The van der Waals surface area contributed by atoms with E-state index in [1.807, 2.05) is 0 Å². The Bertz CT molecular complexity index is 718. The molecule has 6 heteroatoms. The third-order valence-electron chi connectivity index (χ3n) is 2.96. The Balaban J connectivity index is 1.78. The molecule has 1 heterocycles. The van der Waals surface area contributed by atoms with Gasteiger partial charge < -0.3 is 15.4 Å². The molecule has 21 heavy (non-hydrogen) atoms. The Labute approximate surface area is 125 Å². The summed E-state index contributed by atoms with van der Waals surface area (Å²) in [6.45, 7) is 0. The molecule has 1 atom stereocenters. The minimum absolute atomic E-state index is 0.461. The fourth-order valence-corrected chi connectivity index (χ4v) is 2.19. The number of anilines is 2. The summed E-state index contributed by atoms with van der Waals surface area (Å²) in [6, 6.07) is 13.6. The number of rotatable bonds is 2. The molecule has 0 radical (unpaired) electrons. The van der Waals surface area contributed by atoms with Crippen LogP contribution in [-0.4, -0.2) is 17.9 Å². The molecule has 2 aromatic rings. The van der Waals surface area contributed by atoms with E-state index in [2.05, 4.69) is 10.6 Å². The molecule has 3 rings (SSSR count). The molecule has 0 spiro atoms. The molecule has 0 aliphatic carbocycles. The summed E-state index contributed by atoms with van der Waals surface area (Å²) in [5.41, 5.74) is 1.05. The van der Waals surface area contributed by atoms with Crippen molar-refractivity contribution in [2.24, 2.45) is 0 Å². The zero-order valence-electron chi connectivity index (χ0n) is 10.8. The molecule has 0 saturated heterocycles. The average molecular weight is 303 g/mol. The highest BCUT2D eigenvalue weighted by Gasteiger charge is 2.33. The van der Waals surface area contributed by atoms with Crippen LogP contribution in [0.5, 0.6) is 5.75 Å². The van der Waals surface area contributed by atoms with Gasteiger partial charge in [0.2, 0.25) is 0 Å². The van der Waals surface area contributed by atoms with Crippen molar-refractivity contribution in [3.63, 3.8) is 0 Å². The Kier molecular flexibility index (Phi) is 3.50. The lowest BCUT2D eigenvalue weighted by Crippen LogP contribution is -2.45. The SMILES string of the molecule is O=C(Nc1cccc(Cl)c1)[C@@H]1Oc2ccccc2NC1=O. The van der Waals surface area contributed by atoms with Crippen LogP contribution in [0.3, 0.4) is 0 Å². The summed E-state index contributed by atoms with van der Waals surface area (Å²) in [7, 11) is 0. The van der Waals surface area contributed by atoms with E-state index in [0.717, 1.165) is 0 Å². The first kappa shape index (κ1) is 13.5. The van der Waals surface area contributed by atoms with Crippen molar-refractivity contribution in [2.75, 3.05) is 10.6 Å². The zero-order valence-corrected chi connectivity index (χ0v) is 11.6. The average Bonchev–Trinajstić information content (AvgIpc) is 2.46. The van der Waals surface area contributed by atoms with Gasteiger partial charge in [-0.2, -0.15) is 0 Å². The Morgan fingerprint density at radius 1 is 1.19 bits per heavy atom. The quantitative estimate of drug-likeness (QED) is 0.838. The number of hydrogen-bond donors (Lipinski definition) is 2. The maximum atomic E-state index is 12.2. The molecule has 1 aliphatic rings.